The highest BCUT2D eigenvalue weighted by molar-refractivity contribution is 5.79. The van der Waals surface area contributed by atoms with Crippen LogP contribution in [0.5, 0.6) is 11.5 Å². The summed E-state index contributed by atoms with van der Waals surface area (Å²) in [7, 11) is 1.57. The summed E-state index contributed by atoms with van der Waals surface area (Å²) in [4.78, 5) is 25.0. The van der Waals surface area contributed by atoms with Crippen molar-refractivity contribution in [2.75, 3.05) is 26.8 Å². The van der Waals surface area contributed by atoms with E-state index in [0.717, 1.165) is 31.5 Å². The van der Waals surface area contributed by atoms with Gasteiger partial charge in [0.25, 0.3) is 11.6 Å². The van der Waals surface area contributed by atoms with Gasteiger partial charge >= 0.3 is 0 Å². The highest BCUT2D eigenvalue weighted by Crippen LogP contribution is 2.34. The van der Waals surface area contributed by atoms with Gasteiger partial charge in [-0.1, -0.05) is 19.1 Å². The summed E-state index contributed by atoms with van der Waals surface area (Å²) in [6, 6.07) is 11.6. The van der Waals surface area contributed by atoms with E-state index < -0.39 is 4.92 Å². The van der Waals surface area contributed by atoms with Gasteiger partial charge in [0, 0.05) is 30.8 Å². The molecule has 0 unspecified atom stereocenters. The molecule has 1 fully saturated rings. The fourth-order valence-corrected chi connectivity index (χ4v) is 3.24. The number of likely N-dealkylation sites (tertiary alicyclic amines) is 1. The quantitative estimate of drug-likeness (QED) is 0.557. The van der Waals surface area contributed by atoms with Gasteiger partial charge in [-0.15, -0.1) is 0 Å². The Balaban J connectivity index is 1.79. The van der Waals surface area contributed by atoms with E-state index in [1.165, 1.54) is 12.1 Å². The van der Waals surface area contributed by atoms with E-state index in [1.54, 1.807) is 37.4 Å². The summed E-state index contributed by atoms with van der Waals surface area (Å²) in [5.41, 5.74) is 1.28. The topological polar surface area (TPSA) is 81.9 Å². The summed E-state index contributed by atoms with van der Waals surface area (Å²) in [5.74, 6) is 1.70. The minimum Gasteiger partial charge on any atom is -0.497 e. The second kappa shape index (κ2) is 8.73. The van der Waals surface area contributed by atoms with Crippen molar-refractivity contribution in [1.82, 2.24) is 4.90 Å². The van der Waals surface area contributed by atoms with Crippen molar-refractivity contribution < 1.29 is 19.2 Å². The fourth-order valence-electron chi connectivity index (χ4n) is 3.24. The second-order valence-electron chi connectivity index (χ2n) is 7.02. The van der Waals surface area contributed by atoms with Gasteiger partial charge in [-0.3, -0.25) is 14.9 Å². The van der Waals surface area contributed by atoms with Crippen LogP contribution < -0.4 is 9.47 Å². The Morgan fingerprint density at radius 3 is 2.46 bits per heavy atom. The van der Waals surface area contributed by atoms with Crippen molar-refractivity contribution in [3.63, 3.8) is 0 Å². The Kier molecular flexibility index (Phi) is 6.13. The molecule has 0 spiro atoms. The first-order chi connectivity index (χ1) is 13.5. The average Bonchev–Trinajstić information content (AvgIpc) is 2.72. The molecular formula is C21H24N2O5. The molecule has 148 valence electrons. The van der Waals surface area contributed by atoms with Crippen molar-refractivity contribution in [2.24, 2.45) is 5.92 Å². The van der Waals surface area contributed by atoms with E-state index in [-0.39, 0.29) is 18.2 Å². The first-order valence-electron chi connectivity index (χ1n) is 9.31. The molecule has 0 aliphatic carbocycles. The predicted molar refractivity (Wildman–Crippen MR) is 106 cm³/mol. The van der Waals surface area contributed by atoms with Crippen molar-refractivity contribution in [1.29, 1.82) is 0 Å². The van der Waals surface area contributed by atoms with E-state index in [1.807, 2.05) is 4.90 Å². The molecule has 7 heteroatoms. The number of piperidine rings is 1. The minimum atomic E-state index is -0.448. The maximum atomic E-state index is 12.5. The van der Waals surface area contributed by atoms with Crippen LogP contribution in [-0.2, 0) is 4.79 Å². The molecule has 0 N–H and O–H groups in total. The Morgan fingerprint density at radius 1 is 1.18 bits per heavy atom. The molecule has 7 nitrogen and oxygen atoms in total. The molecule has 1 amide bonds. The molecule has 3 rings (SSSR count). The third-order valence-corrected chi connectivity index (χ3v) is 5.06. The molecule has 0 atom stereocenters. The third kappa shape index (κ3) is 4.60. The van der Waals surface area contributed by atoms with E-state index in [4.69, 9.17) is 9.47 Å². The number of hydrogen-bond acceptors (Lipinski definition) is 5. The van der Waals surface area contributed by atoms with Gasteiger partial charge in [0.2, 0.25) is 0 Å². The lowest BCUT2D eigenvalue weighted by Gasteiger charge is -2.30. The highest BCUT2D eigenvalue weighted by Gasteiger charge is 2.21. The number of carbonyl (C=O) groups excluding carboxylic acids is 1. The van der Waals surface area contributed by atoms with Crippen LogP contribution in [0.15, 0.2) is 42.5 Å². The molecule has 1 aliphatic heterocycles. The number of non-ortho nitro benzene ring substituents is 1. The zero-order chi connectivity index (χ0) is 20.1. The van der Waals surface area contributed by atoms with E-state index >= 15 is 0 Å². The van der Waals surface area contributed by atoms with Crippen molar-refractivity contribution in [3.8, 4) is 22.6 Å². The first-order valence-corrected chi connectivity index (χ1v) is 9.31. The van der Waals surface area contributed by atoms with Crippen molar-refractivity contribution in [3.05, 3.63) is 52.6 Å². The number of amides is 1. The Morgan fingerprint density at radius 2 is 1.86 bits per heavy atom. The highest BCUT2D eigenvalue weighted by atomic mass is 16.6. The van der Waals surface area contributed by atoms with Crippen LogP contribution in [0, 0.1) is 16.0 Å². The van der Waals surface area contributed by atoms with Gasteiger partial charge < -0.3 is 14.4 Å². The molecule has 1 aliphatic rings. The smallest absolute Gasteiger partial charge is 0.270 e. The Hall–Kier alpha value is -3.09. The molecular weight excluding hydrogens is 360 g/mol. The van der Waals surface area contributed by atoms with E-state index in [2.05, 4.69) is 6.92 Å². The van der Waals surface area contributed by atoms with Gasteiger partial charge in [0.15, 0.2) is 6.61 Å². The Bertz CT molecular complexity index is 842. The van der Waals surface area contributed by atoms with Crippen LogP contribution in [-0.4, -0.2) is 42.5 Å². The SMILES string of the molecule is COc1ccc(-c2cc([N+](=O)[O-])ccc2OCC(=O)N2CCC(C)CC2)cc1. The van der Waals surface area contributed by atoms with E-state index in [9.17, 15) is 14.9 Å². The number of hydrogen-bond donors (Lipinski definition) is 0. The minimum absolute atomic E-state index is 0.0329. The standard InChI is InChI=1S/C21H24N2O5/c1-15-9-11-22(12-10-15)21(24)14-28-20-8-5-17(23(25)26)13-19(20)16-3-6-18(27-2)7-4-16/h3-8,13,15H,9-12,14H2,1-2H3. The lowest BCUT2D eigenvalue weighted by atomic mass is 9.99. The average molecular weight is 384 g/mol. The number of ether oxygens (including phenoxy) is 2. The van der Waals surface area contributed by atoms with Gasteiger partial charge in [-0.2, -0.15) is 0 Å². The van der Waals surface area contributed by atoms with Crippen LogP contribution in [0.25, 0.3) is 11.1 Å². The van der Waals surface area contributed by atoms with Crippen molar-refractivity contribution >= 4 is 11.6 Å². The maximum absolute atomic E-state index is 12.5. The molecule has 28 heavy (non-hydrogen) atoms. The summed E-state index contributed by atoms with van der Waals surface area (Å²) >= 11 is 0. The number of nitrogens with zero attached hydrogens (tertiary/aromatic N) is 2. The van der Waals surface area contributed by atoms with Crippen LogP contribution in [0.2, 0.25) is 0 Å². The summed E-state index contributed by atoms with van der Waals surface area (Å²) in [5, 5.41) is 11.2. The molecule has 2 aromatic rings. The van der Waals surface area contributed by atoms with Crippen LogP contribution in [0.3, 0.4) is 0 Å². The lowest BCUT2D eigenvalue weighted by Crippen LogP contribution is -2.40. The molecule has 0 saturated carbocycles. The van der Waals surface area contributed by atoms with E-state index in [0.29, 0.717) is 23.0 Å². The largest absolute Gasteiger partial charge is 0.497 e. The zero-order valence-corrected chi connectivity index (χ0v) is 16.1. The molecule has 0 radical (unpaired) electrons. The number of carbonyl (C=O) groups is 1. The number of benzene rings is 2. The Labute approximate surface area is 164 Å². The van der Waals surface area contributed by atoms with Crippen LogP contribution in [0.1, 0.15) is 19.8 Å². The third-order valence-electron chi connectivity index (χ3n) is 5.06. The lowest BCUT2D eigenvalue weighted by molar-refractivity contribution is -0.384. The monoisotopic (exact) mass is 384 g/mol. The second-order valence-corrected chi connectivity index (χ2v) is 7.02. The van der Waals surface area contributed by atoms with Gasteiger partial charge in [0.1, 0.15) is 11.5 Å². The zero-order valence-electron chi connectivity index (χ0n) is 16.1. The van der Waals surface area contributed by atoms with Gasteiger partial charge in [-0.25, -0.2) is 0 Å². The summed E-state index contributed by atoms with van der Waals surface area (Å²) in [6.45, 7) is 3.59. The number of methoxy groups -OCH3 is 1. The van der Waals surface area contributed by atoms with Crippen LogP contribution in [0.4, 0.5) is 5.69 Å². The first kappa shape index (κ1) is 19.7. The normalized spacial score (nSPS) is 14.6. The summed E-state index contributed by atoms with van der Waals surface area (Å²) < 4.78 is 10.9. The fraction of sp³-hybridized carbons (Fsp3) is 0.381. The molecule has 0 bridgehead atoms. The maximum Gasteiger partial charge on any atom is 0.270 e. The predicted octanol–water partition coefficient (Wildman–Crippen LogP) is 3.91. The van der Waals surface area contributed by atoms with Crippen LogP contribution >= 0.6 is 0 Å². The summed E-state index contributed by atoms with van der Waals surface area (Å²) in [6.07, 6.45) is 2.00. The number of nitro groups is 1. The van der Waals surface area contributed by atoms with Gasteiger partial charge in [0.05, 0.1) is 12.0 Å². The molecule has 1 saturated heterocycles. The van der Waals surface area contributed by atoms with Gasteiger partial charge in [-0.05, 0) is 42.5 Å². The molecule has 2 aromatic carbocycles. The molecule has 0 aromatic heterocycles. The van der Waals surface area contributed by atoms with Crippen molar-refractivity contribution in [2.45, 2.75) is 19.8 Å². The number of nitro benzene ring substituents is 1. The number of rotatable bonds is 6. The molecule has 1 heterocycles.